The molecule has 1 rings (SSSR count). The highest BCUT2D eigenvalue weighted by Gasteiger charge is 2.21. The average molecular weight is 296 g/mol. The van der Waals surface area contributed by atoms with E-state index < -0.39 is 23.9 Å². The highest BCUT2D eigenvalue weighted by molar-refractivity contribution is 5.67. The summed E-state index contributed by atoms with van der Waals surface area (Å²) in [7, 11) is 0. The van der Waals surface area contributed by atoms with E-state index >= 15 is 0 Å². The van der Waals surface area contributed by atoms with Crippen molar-refractivity contribution in [3.8, 4) is 0 Å². The topological polar surface area (TPSA) is 91.7 Å². The Morgan fingerprint density at radius 3 is 2.67 bits per heavy atom. The van der Waals surface area contributed by atoms with Gasteiger partial charge < -0.3 is 20.3 Å². The number of nitrogens with one attached hydrogen (secondary N) is 1. The fourth-order valence-corrected chi connectivity index (χ4v) is 1.81. The quantitative estimate of drug-likeness (QED) is 0.769. The Labute approximate surface area is 125 Å². The maximum atomic E-state index is 11.4. The van der Waals surface area contributed by atoms with Gasteiger partial charge >= 0.3 is 6.09 Å². The van der Waals surface area contributed by atoms with E-state index in [1.165, 1.54) is 0 Å². The number of aryl methyl sites for hydroxylation is 1. The van der Waals surface area contributed by atoms with Crippen molar-refractivity contribution in [1.82, 2.24) is 10.3 Å². The summed E-state index contributed by atoms with van der Waals surface area (Å²) in [4.78, 5) is 15.5. The monoisotopic (exact) mass is 296 g/mol. The number of carbonyl (C=O) groups excluding carboxylic acids is 1. The van der Waals surface area contributed by atoms with Gasteiger partial charge in [0.25, 0.3) is 0 Å². The predicted molar refractivity (Wildman–Crippen MR) is 78.8 cm³/mol. The number of rotatable bonds is 5. The summed E-state index contributed by atoms with van der Waals surface area (Å²) in [6.07, 6.45) is -0.708. The number of ether oxygens (including phenoxy) is 1. The van der Waals surface area contributed by atoms with Gasteiger partial charge in [-0.1, -0.05) is 6.07 Å². The molecule has 0 spiro atoms. The third-order valence-electron chi connectivity index (χ3n) is 2.84. The Kier molecular flexibility index (Phi) is 6.11. The van der Waals surface area contributed by atoms with E-state index in [1.54, 1.807) is 46.0 Å². The molecule has 1 amide bonds. The number of hydrogen-bond acceptors (Lipinski definition) is 5. The van der Waals surface area contributed by atoms with Gasteiger partial charge in [-0.3, -0.25) is 4.98 Å². The molecule has 2 unspecified atom stereocenters. The molecule has 1 aromatic rings. The highest BCUT2D eigenvalue weighted by Crippen LogP contribution is 2.20. The first kappa shape index (κ1) is 17.4. The molecule has 3 N–H and O–H groups in total. The summed E-state index contributed by atoms with van der Waals surface area (Å²) in [6, 6.07) is 3.43. The van der Waals surface area contributed by atoms with E-state index in [-0.39, 0.29) is 13.0 Å². The van der Waals surface area contributed by atoms with Gasteiger partial charge in [-0.25, -0.2) is 4.79 Å². The number of aliphatic hydroxyl groups is 2. The molecule has 0 aliphatic carbocycles. The fraction of sp³-hybridized carbons (Fsp3) is 0.600. The summed E-state index contributed by atoms with van der Waals surface area (Å²) in [5.74, 6) is 0. The maximum Gasteiger partial charge on any atom is 0.407 e. The first-order valence-corrected chi connectivity index (χ1v) is 6.95. The average Bonchev–Trinajstić information content (AvgIpc) is 2.36. The minimum atomic E-state index is -1.03. The maximum absolute atomic E-state index is 11.4. The third-order valence-corrected chi connectivity index (χ3v) is 2.84. The minimum absolute atomic E-state index is 0.215. The van der Waals surface area contributed by atoms with E-state index in [2.05, 4.69) is 10.3 Å². The lowest BCUT2D eigenvalue weighted by Gasteiger charge is -2.21. The number of amides is 1. The highest BCUT2D eigenvalue weighted by atomic mass is 16.6. The van der Waals surface area contributed by atoms with Gasteiger partial charge in [0.2, 0.25) is 0 Å². The Balaban J connectivity index is 2.42. The zero-order chi connectivity index (χ0) is 16.0. The number of alkyl carbamates (subject to hydrolysis) is 1. The van der Waals surface area contributed by atoms with Gasteiger partial charge in [0.15, 0.2) is 0 Å². The number of hydrogen-bond donors (Lipinski definition) is 3. The zero-order valence-corrected chi connectivity index (χ0v) is 13.0. The summed E-state index contributed by atoms with van der Waals surface area (Å²) in [6.45, 7) is 7.31. The van der Waals surface area contributed by atoms with Crippen LogP contribution in [0.4, 0.5) is 4.79 Å². The van der Waals surface area contributed by atoms with Crippen molar-refractivity contribution in [2.24, 2.45) is 0 Å². The predicted octanol–water partition coefficient (Wildman–Crippen LogP) is 1.70. The standard InChI is InChI=1S/C15H24N2O4/c1-10-11(6-5-8-16-10)13(19)12(18)7-9-17-14(20)21-15(2,3)4/h5-6,8,12-13,18-19H,7,9H2,1-4H3,(H,17,20). The summed E-state index contributed by atoms with van der Waals surface area (Å²) < 4.78 is 5.08. The van der Waals surface area contributed by atoms with Crippen LogP contribution < -0.4 is 5.32 Å². The van der Waals surface area contributed by atoms with Gasteiger partial charge in [0.05, 0.1) is 6.10 Å². The number of carbonyl (C=O) groups is 1. The van der Waals surface area contributed by atoms with Crippen LogP contribution in [-0.2, 0) is 4.74 Å². The van der Waals surface area contributed by atoms with Crippen LogP contribution in [0, 0.1) is 6.92 Å². The van der Waals surface area contributed by atoms with Crippen molar-refractivity contribution >= 4 is 6.09 Å². The molecule has 6 heteroatoms. The van der Waals surface area contributed by atoms with Crippen LogP contribution in [0.25, 0.3) is 0 Å². The van der Waals surface area contributed by atoms with Crippen LogP contribution in [0.3, 0.4) is 0 Å². The van der Waals surface area contributed by atoms with Gasteiger partial charge in [-0.05, 0) is 40.2 Å². The van der Waals surface area contributed by atoms with Crippen LogP contribution in [-0.4, -0.2) is 39.5 Å². The largest absolute Gasteiger partial charge is 0.444 e. The summed E-state index contributed by atoms with van der Waals surface area (Å²) in [5.41, 5.74) is 0.695. The van der Waals surface area contributed by atoms with Crippen molar-refractivity contribution in [3.05, 3.63) is 29.6 Å². The molecule has 0 aliphatic heterocycles. The Morgan fingerprint density at radius 1 is 1.43 bits per heavy atom. The van der Waals surface area contributed by atoms with Gasteiger partial charge in [0.1, 0.15) is 11.7 Å². The van der Waals surface area contributed by atoms with Crippen LogP contribution in [0.1, 0.15) is 44.6 Å². The van der Waals surface area contributed by atoms with Crippen LogP contribution >= 0.6 is 0 Å². The third kappa shape index (κ3) is 6.10. The van der Waals surface area contributed by atoms with Crippen molar-refractivity contribution in [2.45, 2.75) is 51.9 Å². The van der Waals surface area contributed by atoms with E-state index in [0.29, 0.717) is 11.3 Å². The van der Waals surface area contributed by atoms with Crippen LogP contribution in [0.5, 0.6) is 0 Å². The Morgan fingerprint density at radius 2 is 2.10 bits per heavy atom. The molecule has 0 aromatic carbocycles. The molecule has 21 heavy (non-hydrogen) atoms. The van der Waals surface area contributed by atoms with Gasteiger partial charge in [-0.15, -0.1) is 0 Å². The van der Waals surface area contributed by atoms with Crippen molar-refractivity contribution in [3.63, 3.8) is 0 Å². The van der Waals surface area contributed by atoms with E-state index in [9.17, 15) is 15.0 Å². The van der Waals surface area contributed by atoms with Crippen LogP contribution in [0.2, 0.25) is 0 Å². The first-order valence-electron chi connectivity index (χ1n) is 6.95. The number of nitrogens with zero attached hydrogens (tertiary/aromatic N) is 1. The lowest BCUT2D eigenvalue weighted by Crippen LogP contribution is -2.34. The molecule has 0 saturated carbocycles. The lowest BCUT2D eigenvalue weighted by molar-refractivity contribution is 0.0117. The molecule has 0 radical (unpaired) electrons. The van der Waals surface area contributed by atoms with Crippen molar-refractivity contribution in [1.29, 1.82) is 0 Å². The Bertz CT molecular complexity index is 471. The van der Waals surface area contributed by atoms with E-state index in [0.717, 1.165) is 0 Å². The normalized spacial score (nSPS) is 14.4. The second kappa shape index (κ2) is 7.38. The van der Waals surface area contributed by atoms with E-state index in [4.69, 9.17) is 4.74 Å². The molecular formula is C15H24N2O4. The van der Waals surface area contributed by atoms with Crippen molar-refractivity contribution < 1.29 is 19.7 Å². The van der Waals surface area contributed by atoms with Gasteiger partial charge in [-0.2, -0.15) is 0 Å². The number of pyridine rings is 1. The first-order chi connectivity index (χ1) is 9.70. The SMILES string of the molecule is Cc1ncccc1C(O)C(O)CCNC(=O)OC(C)(C)C. The van der Waals surface area contributed by atoms with Crippen LogP contribution in [0.15, 0.2) is 18.3 Å². The zero-order valence-electron chi connectivity index (χ0n) is 13.0. The fourth-order valence-electron chi connectivity index (χ4n) is 1.81. The smallest absolute Gasteiger partial charge is 0.407 e. The molecule has 0 fully saturated rings. The molecule has 0 bridgehead atoms. The molecule has 2 atom stereocenters. The van der Waals surface area contributed by atoms with E-state index in [1.807, 2.05) is 0 Å². The van der Waals surface area contributed by atoms with Gasteiger partial charge in [0, 0.05) is 24.0 Å². The summed E-state index contributed by atoms with van der Waals surface area (Å²) >= 11 is 0. The van der Waals surface area contributed by atoms with Crippen molar-refractivity contribution in [2.75, 3.05) is 6.54 Å². The molecule has 0 aliphatic rings. The molecule has 0 saturated heterocycles. The summed E-state index contributed by atoms with van der Waals surface area (Å²) in [5, 5.41) is 22.6. The molecule has 1 aromatic heterocycles. The molecular weight excluding hydrogens is 272 g/mol. The number of aliphatic hydroxyl groups excluding tert-OH is 2. The Hall–Kier alpha value is -1.66. The number of aromatic nitrogens is 1. The molecule has 118 valence electrons. The molecule has 1 heterocycles. The molecule has 6 nitrogen and oxygen atoms in total. The lowest BCUT2D eigenvalue weighted by atomic mass is 10.0. The second-order valence-electron chi connectivity index (χ2n) is 5.91. The minimum Gasteiger partial charge on any atom is -0.444 e. The second-order valence-corrected chi connectivity index (χ2v) is 5.91.